The number of carbonyl (C=O) groups is 2. The van der Waals surface area contributed by atoms with Crippen molar-refractivity contribution in [1.29, 1.82) is 0 Å². The van der Waals surface area contributed by atoms with Crippen LogP contribution in [0, 0.1) is 0 Å². The molecule has 0 aromatic rings. The first kappa shape index (κ1) is 79.2. The first-order valence-electron chi connectivity index (χ1n) is 33.5. The van der Waals surface area contributed by atoms with Gasteiger partial charge in [-0.25, -0.2) is 4.57 Å². The third-order valence-electron chi connectivity index (χ3n) is 14.1. The van der Waals surface area contributed by atoms with E-state index in [1.807, 2.05) is 33.3 Å². The van der Waals surface area contributed by atoms with Crippen LogP contribution in [0.1, 0.15) is 265 Å². The van der Waals surface area contributed by atoms with Crippen molar-refractivity contribution in [3.05, 3.63) is 134 Å². The number of nitrogens with one attached hydrogen (secondary N) is 1. The molecular formula is C73H126N2O7P+. The minimum absolute atomic E-state index is 0.0283. The normalized spacial score (nSPS) is 14.4. The summed E-state index contributed by atoms with van der Waals surface area (Å²) >= 11 is 0. The van der Waals surface area contributed by atoms with Crippen LogP contribution in [0.2, 0.25) is 0 Å². The Labute approximate surface area is 511 Å². The number of allylic oxidation sites excluding steroid dienone is 21. The molecule has 0 heterocycles. The van der Waals surface area contributed by atoms with Gasteiger partial charge in [0.1, 0.15) is 19.3 Å². The molecule has 0 aliphatic carbocycles. The molecule has 0 aliphatic rings. The number of ether oxygens (including phenoxy) is 1. The monoisotopic (exact) mass is 1170 g/mol. The van der Waals surface area contributed by atoms with Crippen LogP contribution in [0.5, 0.6) is 0 Å². The molecule has 0 bridgehead atoms. The lowest BCUT2D eigenvalue weighted by atomic mass is 10.0. The predicted molar refractivity (Wildman–Crippen MR) is 359 cm³/mol. The van der Waals surface area contributed by atoms with Crippen molar-refractivity contribution in [2.24, 2.45) is 0 Å². The molecule has 3 atom stereocenters. The Bertz CT molecular complexity index is 1880. The Kier molecular flexibility index (Phi) is 58.4. The highest BCUT2D eigenvalue weighted by atomic mass is 31.2. The van der Waals surface area contributed by atoms with Gasteiger partial charge < -0.3 is 19.4 Å². The fraction of sp³-hybridized carbons (Fsp3) is 0.671. The predicted octanol–water partition coefficient (Wildman–Crippen LogP) is 21.2. The first-order valence-corrected chi connectivity index (χ1v) is 35.0. The third kappa shape index (κ3) is 62.5. The van der Waals surface area contributed by atoms with Crippen LogP contribution in [-0.2, 0) is 27.9 Å². The molecule has 2 N–H and O–H groups in total. The first-order chi connectivity index (χ1) is 40.4. The topological polar surface area (TPSA) is 111 Å². The van der Waals surface area contributed by atoms with Crippen LogP contribution in [0.15, 0.2) is 134 Å². The van der Waals surface area contributed by atoms with Crippen molar-refractivity contribution in [1.82, 2.24) is 5.32 Å². The molecule has 0 aliphatic heterocycles. The number of rotatable bonds is 59. The largest absolute Gasteiger partial charge is 0.472 e. The van der Waals surface area contributed by atoms with Crippen molar-refractivity contribution < 1.29 is 37.3 Å². The number of hydrogen-bond donors (Lipinski definition) is 2. The zero-order chi connectivity index (χ0) is 60.7. The highest BCUT2D eigenvalue weighted by molar-refractivity contribution is 7.47. The van der Waals surface area contributed by atoms with Gasteiger partial charge in [-0.05, 0) is 122 Å². The molecule has 474 valence electrons. The number of unbranched alkanes of at least 4 members (excludes halogenated alkanes) is 23. The van der Waals surface area contributed by atoms with Crippen molar-refractivity contribution in [2.45, 2.75) is 277 Å². The fourth-order valence-corrected chi connectivity index (χ4v) is 9.73. The second-order valence-electron chi connectivity index (χ2n) is 23.2. The summed E-state index contributed by atoms with van der Waals surface area (Å²) in [7, 11) is 1.46. The Hall–Kier alpha value is -3.85. The SMILES string of the molecule is CC/C=C\C/C=C\C/C=C\C/C=C\C/C=C\CCCCCCCCCCCC(=O)NC(COP(=O)(O)OCC[N+](C)(C)C)C(/C=C\CCCCCCCCCCC)OC(=O)CCCCCCC/C=C\C/C=C\C/C=C\C/C=C\C/C=C\CC. The average molecular weight is 1170 g/mol. The quantitative estimate of drug-likeness (QED) is 0.0205. The van der Waals surface area contributed by atoms with Crippen LogP contribution in [-0.4, -0.2) is 74.3 Å². The van der Waals surface area contributed by atoms with Crippen molar-refractivity contribution in [2.75, 3.05) is 40.9 Å². The molecular weight excluding hydrogens is 1050 g/mol. The second-order valence-corrected chi connectivity index (χ2v) is 24.7. The maximum atomic E-state index is 13.6. The maximum Gasteiger partial charge on any atom is 0.472 e. The summed E-state index contributed by atoms with van der Waals surface area (Å²) in [4.78, 5) is 37.8. The molecule has 0 radical (unpaired) electrons. The van der Waals surface area contributed by atoms with Gasteiger partial charge in [-0.15, -0.1) is 0 Å². The number of amides is 1. The van der Waals surface area contributed by atoms with E-state index >= 15 is 0 Å². The van der Waals surface area contributed by atoms with Gasteiger partial charge in [-0.1, -0.05) is 264 Å². The smallest absolute Gasteiger partial charge is 0.456 e. The van der Waals surface area contributed by atoms with E-state index in [1.165, 1.54) is 77.0 Å². The highest BCUT2D eigenvalue weighted by Crippen LogP contribution is 2.43. The van der Waals surface area contributed by atoms with E-state index in [0.29, 0.717) is 23.9 Å². The van der Waals surface area contributed by atoms with E-state index in [-0.39, 0.29) is 31.5 Å². The number of carbonyl (C=O) groups excluding carboxylic acids is 2. The van der Waals surface area contributed by atoms with Gasteiger partial charge in [0, 0.05) is 12.8 Å². The lowest BCUT2D eigenvalue weighted by Gasteiger charge is -2.27. The zero-order valence-electron chi connectivity index (χ0n) is 54.1. The molecule has 0 saturated heterocycles. The number of phosphoric acid groups is 1. The van der Waals surface area contributed by atoms with E-state index in [4.69, 9.17) is 13.8 Å². The van der Waals surface area contributed by atoms with Crippen LogP contribution < -0.4 is 5.32 Å². The van der Waals surface area contributed by atoms with Crippen LogP contribution >= 0.6 is 7.82 Å². The van der Waals surface area contributed by atoms with Crippen LogP contribution in [0.4, 0.5) is 0 Å². The number of nitrogens with zero attached hydrogens (tertiary/aromatic N) is 1. The van der Waals surface area contributed by atoms with Gasteiger partial charge >= 0.3 is 13.8 Å². The molecule has 83 heavy (non-hydrogen) atoms. The van der Waals surface area contributed by atoms with Gasteiger partial charge in [-0.3, -0.25) is 18.6 Å². The molecule has 1 amide bonds. The fourth-order valence-electron chi connectivity index (χ4n) is 8.99. The zero-order valence-corrected chi connectivity index (χ0v) is 55.0. The van der Waals surface area contributed by atoms with Crippen molar-refractivity contribution >= 4 is 19.7 Å². The Morgan fingerprint density at radius 3 is 1.16 bits per heavy atom. The summed E-state index contributed by atoms with van der Waals surface area (Å²) in [6.45, 7) is 6.75. The second kappa shape index (κ2) is 61.2. The molecule has 0 saturated carbocycles. The summed E-state index contributed by atoms with van der Waals surface area (Å²) in [6.07, 6.45) is 87.4. The van der Waals surface area contributed by atoms with E-state index in [0.717, 1.165) is 148 Å². The van der Waals surface area contributed by atoms with E-state index in [2.05, 4.69) is 148 Å². The number of esters is 1. The third-order valence-corrected chi connectivity index (χ3v) is 15.1. The molecule has 0 aromatic heterocycles. The van der Waals surface area contributed by atoms with Gasteiger partial charge in [0.25, 0.3) is 0 Å². The minimum Gasteiger partial charge on any atom is -0.456 e. The summed E-state index contributed by atoms with van der Waals surface area (Å²) < 4.78 is 30.7. The van der Waals surface area contributed by atoms with Crippen LogP contribution in [0.25, 0.3) is 0 Å². The van der Waals surface area contributed by atoms with Crippen molar-refractivity contribution in [3.63, 3.8) is 0 Å². The Balaban J connectivity index is 5.16. The number of phosphoric ester groups is 1. The van der Waals surface area contributed by atoms with E-state index in [1.54, 1.807) is 0 Å². The summed E-state index contributed by atoms with van der Waals surface area (Å²) in [5, 5.41) is 3.05. The standard InChI is InChI=1S/C73H125N2O7P/c1-7-10-13-16-19-22-25-27-29-31-33-35-36-37-38-40-41-43-45-47-50-53-56-59-62-65-72(76)74-70(69-81-83(78,79)80-68-67-75(4,5)6)71(64-61-58-55-52-49-24-21-18-15-12-9-3)82-73(77)66-63-60-57-54-51-48-46-44-42-39-34-32-30-28-26-23-20-17-14-11-8-2/h10-11,13-14,19-20,22-23,27-30,33-35,37-39,44,46,61,64,70-71H,7-9,12,15-18,21,24-26,31-32,36,40-43,45,47-60,62-63,65-69H2,1-6H3,(H-,74,76,78,79)/p+1/b13-10-,14-11-,22-19-,23-20-,29-27-,30-28-,35-33-,38-37-,39-34-,46-44-,64-61-. The minimum atomic E-state index is -4.47. The van der Waals surface area contributed by atoms with E-state index < -0.39 is 20.0 Å². The van der Waals surface area contributed by atoms with Crippen LogP contribution in [0.3, 0.4) is 0 Å². The Morgan fingerprint density at radius 1 is 0.434 bits per heavy atom. The Morgan fingerprint density at radius 2 is 0.771 bits per heavy atom. The lowest BCUT2D eigenvalue weighted by Crippen LogP contribution is -2.47. The summed E-state index contributed by atoms with van der Waals surface area (Å²) in [5.74, 6) is -0.541. The molecule has 3 unspecified atom stereocenters. The molecule has 0 fully saturated rings. The van der Waals surface area contributed by atoms with Crippen molar-refractivity contribution in [3.8, 4) is 0 Å². The summed E-state index contributed by atoms with van der Waals surface area (Å²) in [5.41, 5.74) is 0. The number of quaternary nitrogens is 1. The van der Waals surface area contributed by atoms with Gasteiger partial charge in [0.15, 0.2) is 0 Å². The average Bonchev–Trinajstić information content (AvgIpc) is 3.51. The van der Waals surface area contributed by atoms with Gasteiger partial charge in [0.2, 0.25) is 5.91 Å². The number of hydrogen-bond acceptors (Lipinski definition) is 6. The van der Waals surface area contributed by atoms with Gasteiger partial charge in [-0.2, -0.15) is 0 Å². The molecule has 0 aromatic carbocycles. The molecule has 9 nitrogen and oxygen atoms in total. The number of likely N-dealkylation sites (N-methyl/N-ethyl adjacent to an activating group) is 1. The highest BCUT2D eigenvalue weighted by Gasteiger charge is 2.30. The van der Waals surface area contributed by atoms with Gasteiger partial charge in [0.05, 0.1) is 33.8 Å². The maximum absolute atomic E-state index is 13.6. The molecule has 0 spiro atoms. The lowest BCUT2D eigenvalue weighted by molar-refractivity contribution is -0.870. The summed E-state index contributed by atoms with van der Waals surface area (Å²) in [6, 6.07) is -0.870. The van der Waals surface area contributed by atoms with E-state index in [9.17, 15) is 19.0 Å². The molecule has 0 rings (SSSR count). The molecule has 10 heteroatoms.